The SMILES string of the molecule is c1ccc2nc(-c3ccc(N4CCCCC4)cc3)ccc2c1. The zero-order valence-electron chi connectivity index (χ0n) is 12.7. The van der Waals surface area contributed by atoms with E-state index in [-0.39, 0.29) is 0 Å². The van der Waals surface area contributed by atoms with Gasteiger partial charge in [0.15, 0.2) is 0 Å². The van der Waals surface area contributed by atoms with Gasteiger partial charge in [-0.1, -0.05) is 36.4 Å². The van der Waals surface area contributed by atoms with Gasteiger partial charge < -0.3 is 4.90 Å². The predicted octanol–water partition coefficient (Wildman–Crippen LogP) is 4.89. The smallest absolute Gasteiger partial charge is 0.0709 e. The number of nitrogens with zero attached hydrogens (tertiary/aromatic N) is 2. The van der Waals surface area contributed by atoms with E-state index in [4.69, 9.17) is 4.98 Å². The van der Waals surface area contributed by atoms with Crippen LogP contribution in [0.2, 0.25) is 0 Å². The van der Waals surface area contributed by atoms with E-state index in [0.29, 0.717) is 0 Å². The third-order valence-corrected chi connectivity index (χ3v) is 4.48. The summed E-state index contributed by atoms with van der Waals surface area (Å²) in [6.07, 6.45) is 4.00. The summed E-state index contributed by atoms with van der Waals surface area (Å²) in [7, 11) is 0. The Labute approximate surface area is 131 Å². The molecule has 0 bridgehead atoms. The number of anilines is 1. The van der Waals surface area contributed by atoms with Gasteiger partial charge in [-0.3, -0.25) is 0 Å². The van der Waals surface area contributed by atoms with E-state index in [9.17, 15) is 0 Å². The normalized spacial score (nSPS) is 15.2. The van der Waals surface area contributed by atoms with Gasteiger partial charge in [0.25, 0.3) is 0 Å². The second kappa shape index (κ2) is 5.80. The zero-order valence-corrected chi connectivity index (χ0v) is 12.7. The quantitative estimate of drug-likeness (QED) is 0.667. The average molecular weight is 288 g/mol. The molecule has 110 valence electrons. The first-order valence-electron chi connectivity index (χ1n) is 8.11. The maximum atomic E-state index is 4.77. The number of hydrogen-bond acceptors (Lipinski definition) is 2. The Morgan fingerprint density at radius 1 is 0.727 bits per heavy atom. The van der Waals surface area contributed by atoms with Gasteiger partial charge >= 0.3 is 0 Å². The molecule has 1 fully saturated rings. The van der Waals surface area contributed by atoms with Crippen LogP contribution in [0.15, 0.2) is 60.7 Å². The van der Waals surface area contributed by atoms with E-state index in [1.54, 1.807) is 0 Å². The number of hydrogen-bond donors (Lipinski definition) is 0. The summed E-state index contributed by atoms with van der Waals surface area (Å²) in [5.74, 6) is 0. The molecule has 0 unspecified atom stereocenters. The van der Waals surface area contributed by atoms with Crippen molar-refractivity contribution in [2.45, 2.75) is 19.3 Å². The lowest BCUT2D eigenvalue weighted by Gasteiger charge is -2.28. The summed E-state index contributed by atoms with van der Waals surface area (Å²) in [6.45, 7) is 2.38. The standard InChI is InChI=1S/C20H20N2/c1-4-14-22(15-5-1)18-11-8-17(9-12-18)20-13-10-16-6-2-3-7-19(16)21-20/h2-3,6-13H,1,4-5,14-15H2. The Balaban J connectivity index is 1.63. The molecule has 0 N–H and O–H groups in total. The first kappa shape index (κ1) is 13.3. The Morgan fingerprint density at radius 2 is 1.50 bits per heavy atom. The van der Waals surface area contributed by atoms with Gasteiger partial charge in [0.2, 0.25) is 0 Å². The monoisotopic (exact) mass is 288 g/mol. The molecule has 2 nitrogen and oxygen atoms in total. The lowest BCUT2D eigenvalue weighted by molar-refractivity contribution is 0.578. The lowest BCUT2D eigenvalue weighted by Crippen LogP contribution is -2.29. The van der Waals surface area contributed by atoms with Gasteiger partial charge in [-0.05, 0) is 43.5 Å². The van der Waals surface area contributed by atoms with Crippen molar-refractivity contribution in [2.24, 2.45) is 0 Å². The minimum atomic E-state index is 1.05. The molecule has 0 spiro atoms. The van der Waals surface area contributed by atoms with Crippen LogP contribution in [0.25, 0.3) is 22.2 Å². The zero-order chi connectivity index (χ0) is 14.8. The third-order valence-electron chi connectivity index (χ3n) is 4.48. The van der Waals surface area contributed by atoms with Gasteiger partial charge in [-0.15, -0.1) is 0 Å². The van der Waals surface area contributed by atoms with Gasteiger partial charge in [0.1, 0.15) is 0 Å². The Hall–Kier alpha value is -2.35. The van der Waals surface area contributed by atoms with Gasteiger partial charge in [-0.25, -0.2) is 4.98 Å². The summed E-state index contributed by atoms with van der Waals surface area (Å²) in [6, 6.07) is 21.4. The number of rotatable bonds is 2. The van der Waals surface area contributed by atoms with Crippen molar-refractivity contribution in [3.63, 3.8) is 0 Å². The first-order chi connectivity index (χ1) is 10.9. The van der Waals surface area contributed by atoms with Crippen LogP contribution in [0.5, 0.6) is 0 Å². The molecule has 1 aromatic heterocycles. The van der Waals surface area contributed by atoms with Crippen LogP contribution >= 0.6 is 0 Å². The molecule has 0 aliphatic carbocycles. The highest BCUT2D eigenvalue weighted by atomic mass is 15.1. The third kappa shape index (κ3) is 2.57. The molecule has 3 aromatic rings. The molecule has 4 rings (SSSR count). The van der Waals surface area contributed by atoms with Crippen molar-refractivity contribution < 1.29 is 0 Å². The summed E-state index contributed by atoms with van der Waals surface area (Å²) in [5, 5.41) is 1.19. The van der Waals surface area contributed by atoms with E-state index >= 15 is 0 Å². The fourth-order valence-electron chi connectivity index (χ4n) is 3.22. The minimum absolute atomic E-state index is 1.05. The summed E-state index contributed by atoms with van der Waals surface area (Å²) < 4.78 is 0. The van der Waals surface area contributed by atoms with Crippen LogP contribution in [0.3, 0.4) is 0 Å². The number of piperidine rings is 1. The molecule has 0 radical (unpaired) electrons. The second-order valence-corrected chi connectivity index (χ2v) is 5.98. The predicted molar refractivity (Wildman–Crippen MR) is 93.2 cm³/mol. The van der Waals surface area contributed by atoms with Crippen LogP contribution in [-0.2, 0) is 0 Å². The summed E-state index contributed by atoms with van der Waals surface area (Å²) in [5.41, 5.74) is 4.62. The van der Waals surface area contributed by atoms with Crippen LogP contribution in [0, 0.1) is 0 Å². The number of pyridine rings is 1. The van der Waals surface area contributed by atoms with Crippen molar-refractivity contribution in [1.29, 1.82) is 0 Å². The van der Waals surface area contributed by atoms with Crippen LogP contribution in [0.1, 0.15) is 19.3 Å². The highest BCUT2D eigenvalue weighted by Crippen LogP contribution is 2.25. The first-order valence-corrected chi connectivity index (χ1v) is 8.11. The number of para-hydroxylation sites is 1. The topological polar surface area (TPSA) is 16.1 Å². The summed E-state index contributed by atoms with van der Waals surface area (Å²) >= 11 is 0. The molecule has 0 saturated carbocycles. The fraction of sp³-hybridized carbons (Fsp3) is 0.250. The second-order valence-electron chi connectivity index (χ2n) is 5.98. The maximum absolute atomic E-state index is 4.77. The van der Waals surface area contributed by atoms with E-state index in [1.165, 1.54) is 49.0 Å². The molecule has 2 aromatic carbocycles. The van der Waals surface area contributed by atoms with Crippen molar-refractivity contribution in [3.8, 4) is 11.3 Å². The summed E-state index contributed by atoms with van der Waals surface area (Å²) in [4.78, 5) is 7.26. The van der Waals surface area contributed by atoms with Crippen LogP contribution in [-0.4, -0.2) is 18.1 Å². The largest absolute Gasteiger partial charge is 0.372 e. The molecule has 1 aliphatic rings. The van der Waals surface area contributed by atoms with Gasteiger partial charge in [0, 0.05) is 29.7 Å². The Morgan fingerprint density at radius 3 is 2.32 bits per heavy atom. The van der Waals surface area contributed by atoms with Crippen molar-refractivity contribution in [2.75, 3.05) is 18.0 Å². The molecule has 1 saturated heterocycles. The molecular formula is C20H20N2. The molecule has 2 heterocycles. The Kier molecular flexibility index (Phi) is 3.51. The molecular weight excluding hydrogens is 268 g/mol. The van der Waals surface area contributed by atoms with Crippen molar-refractivity contribution in [3.05, 3.63) is 60.7 Å². The minimum Gasteiger partial charge on any atom is -0.372 e. The number of aromatic nitrogens is 1. The maximum Gasteiger partial charge on any atom is 0.0709 e. The average Bonchev–Trinajstić information content (AvgIpc) is 2.62. The highest BCUT2D eigenvalue weighted by Gasteiger charge is 2.11. The Bertz CT molecular complexity index is 771. The van der Waals surface area contributed by atoms with E-state index in [2.05, 4.69) is 59.5 Å². The van der Waals surface area contributed by atoms with Crippen molar-refractivity contribution >= 4 is 16.6 Å². The molecule has 0 amide bonds. The fourth-order valence-corrected chi connectivity index (χ4v) is 3.22. The van der Waals surface area contributed by atoms with E-state index in [0.717, 1.165) is 11.2 Å². The van der Waals surface area contributed by atoms with E-state index < -0.39 is 0 Å². The van der Waals surface area contributed by atoms with E-state index in [1.807, 2.05) is 6.07 Å². The van der Waals surface area contributed by atoms with Crippen molar-refractivity contribution in [1.82, 2.24) is 4.98 Å². The number of benzene rings is 2. The number of fused-ring (bicyclic) bond motifs is 1. The molecule has 1 aliphatic heterocycles. The van der Waals surface area contributed by atoms with Gasteiger partial charge in [-0.2, -0.15) is 0 Å². The lowest BCUT2D eigenvalue weighted by atomic mass is 10.1. The highest BCUT2D eigenvalue weighted by molar-refractivity contribution is 5.81. The molecule has 0 atom stereocenters. The van der Waals surface area contributed by atoms with Gasteiger partial charge in [0.05, 0.1) is 11.2 Å². The molecule has 2 heteroatoms. The van der Waals surface area contributed by atoms with Crippen LogP contribution < -0.4 is 4.90 Å². The molecule has 22 heavy (non-hydrogen) atoms. The van der Waals surface area contributed by atoms with Crippen LogP contribution in [0.4, 0.5) is 5.69 Å².